The number of hydrogen-bond donors (Lipinski definition) is 3. The molecule has 0 saturated carbocycles. The van der Waals surface area contributed by atoms with Crippen LogP contribution in [0.3, 0.4) is 0 Å². The Labute approximate surface area is 194 Å². The van der Waals surface area contributed by atoms with Crippen LogP contribution in [0.4, 0.5) is 30.6 Å². The number of rotatable bonds is 5. The number of nitrogens with one attached hydrogen (secondary N) is 2. The van der Waals surface area contributed by atoms with Crippen LogP contribution < -0.4 is 10.6 Å². The van der Waals surface area contributed by atoms with E-state index in [9.17, 15) is 18.3 Å². The third kappa shape index (κ3) is 5.22. The Hall–Kier alpha value is -3.82. The summed E-state index contributed by atoms with van der Waals surface area (Å²) in [7, 11) is 0. The molecule has 2 aromatic heterocycles. The Balaban J connectivity index is 1.73. The van der Waals surface area contributed by atoms with Crippen molar-refractivity contribution in [1.29, 1.82) is 0 Å². The van der Waals surface area contributed by atoms with Gasteiger partial charge < -0.3 is 20.2 Å². The van der Waals surface area contributed by atoms with Crippen molar-refractivity contribution >= 4 is 28.3 Å². The predicted molar refractivity (Wildman–Crippen MR) is 124 cm³/mol. The SMILES string of the molecule is Cc1cc(-c2nnc(Nc3cccc(O)c3)o2)nc2c(C(C)(C)C)cc(NCC(F)(F)F)cc12. The lowest BCUT2D eigenvalue weighted by atomic mass is 9.84. The van der Waals surface area contributed by atoms with Gasteiger partial charge in [0.05, 0.1) is 5.52 Å². The van der Waals surface area contributed by atoms with Crippen LogP contribution in [0.2, 0.25) is 0 Å². The summed E-state index contributed by atoms with van der Waals surface area (Å²) in [5.41, 5.74) is 3.26. The molecule has 34 heavy (non-hydrogen) atoms. The lowest BCUT2D eigenvalue weighted by molar-refractivity contribution is -0.115. The quantitative estimate of drug-likeness (QED) is 0.314. The smallest absolute Gasteiger partial charge is 0.405 e. The fourth-order valence-corrected chi connectivity index (χ4v) is 3.56. The van der Waals surface area contributed by atoms with Crippen molar-refractivity contribution < 1.29 is 22.7 Å². The minimum absolute atomic E-state index is 0.0929. The van der Waals surface area contributed by atoms with E-state index < -0.39 is 12.7 Å². The molecule has 3 N–H and O–H groups in total. The Morgan fingerprint density at radius 1 is 1.00 bits per heavy atom. The molecule has 0 saturated heterocycles. The van der Waals surface area contributed by atoms with Crippen molar-refractivity contribution in [3.05, 3.63) is 53.6 Å². The van der Waals surface area contributed by atoms with E-state index in [2.05, 4.69) is 20.8 Å². The first kappa shape index (κ1) is 23.3. The van der Waals surface area contributed by atoms with Gasteiger partial charge in [-0.05, 0) is 53.8 Å². The van der Waals surface area contributed by atoms with Crippen molar-refractivity contribution in [2.45, 2.75) is 39.3 Å². The highest BCUT2D eigenvalue weighted by molar-refractivity contribution is 5.90. The molecule has 4 aromatic rings. The predicted octanol–water partition coefficient (Wildman–Crippen LogP) is 6.31. The Morgan fingerprint density at radius 3 is 2.44 bits per heavy atom. The molecule has 4 rings (SSSR count). The molecule has 0 atom stereocenters. The Morgan fingerprint density at radius 2 is 1.76 bits per heavy atom. The second-order valence-electron chi connectivity index (χ2n) is 9.05. The van der Waals surface area contributed by atoms with Crippen LogP contribution in [0.15, 0.2) is 46.9 Å². The average molecular weight is 471 g/mol. The van der Waals surface area contributed by atoms with E-state index in [0.29, 0.717) is 22.6 Å². The first-order valence-corrected chi connectivity index (χ1v) is 10.6. The number of benzene rings is 2. The fraction of sp³-hybridized carbons (Fsp3) is 0.292. The molecule has 7 nitrogen and oxygen atoms in total. The molecule has 0 spiro atoms. The number of fused-ring (bicyclic) bond motifs is 1. The molecule has 0 aliphatic rings. The standard InChI is InChI=1S/C24H24F3N5O2/c1-13-8-19(21-31-32-22(34-21)29-14-6-5-7-16(33)9-14)30-20-17(13)10-15(28-12-24(25,26)27)11-18(20)23(2,3)4/h5-11,28,33H,12H2,1-4H3,(H,29,32). The summed E-state index contributed by atoms with van der Waals surface area (Å²) in [6.45, 7) is 6.66. The number of nitrogens with zero attached hydrogens (tertiary/aromatic N) is 3. The summed E-state index contributed by atoms with van der Waals surface area (Å²) in [4.78, 5) is 4.74. The van der Waals surface area contributed by atoms with Gasteiger partial charge in [0, 0.05) is 22.8 Å². The molecule has 2 aromatic carbocycles. The van der Waals surface area contributed by atoms with Crippen molar-refractivity contribution in [2.75, 3.05) is 17.2 Å². The number of halogens is 3. The zero-order chi connectivity index (χ0) is 24.7. The van der Waals surface area contributed by atoms with E-state index in [4.69, 9.17) is 9.40 Å². The molecule has 0 radical (unpaired) electrons. The molecular weight excluding hydrogens is 447 g/mol. The van der Waals surface area contributed by atoms with Crippen LogP contribution in [-0.4, -0.2) is 33.0 Å². The lowest BCUT2D eigenvalue weighted by Gasteiger charge is -2.23. The number of hydrogen-bond acceptors (Lipinski definition) is 7. The highest BCUT2D eigenvalue weighted by Crippen LogP contribution is 2.35. The molecule has 0 aliphatic heterocycles. The highest BCUT2D eigenvalue weighted by atomic mass is 19.4. The maximum absolute atomic E-state index is 12.8. The molecule has 10 heteroatoms. The first-order chi connectivity index (χ1) is 15.9. The molecular formula is C24H24F3N5O2. The average Bonchev–Trinajstić information content (AvgIpc) is 3.19. The topological polar surface area (TPSA) is 96.1 Å². The van der Waals surface area contributed by atoms with Gasteiger partial charge in [-0.15, -0.1) is 5.10 Å². The second-order valence-corrected chi connectivity index (χ2v) is 9.05. The minimum Gasteiger partial charge on any atom is -0.508 e. The van der Waals surface area contributed by atoms with Crippen molar-refractivity contribution in [1.82, 2.24) is 15.2 Å². The number of aromatic nitrogens is 3. The van der Waals surface area contributed by atoms with Crippen molar-refractivity contribution in [3.63, 3.8) is 0 Å². The van der Waals surface area contributed by atoms with E-state index in [1.54, 1.807) is 36.4 Å². The number of phenolic OH excluding ortho intramolecular Hbond substituents is 1. The number of anilines is 3. The molecule has 2 heterocycles. The maximum atomic E-state index is 12.8. The van der Waals surface area contributed by atoms with E-state index in [1.807, 2.05) is 27.7 Å². The van der Waals surface area contributed by atoms with Gasteiger partial charge in [-0.2, -0.15) is 13.2 Å². The third-order valence-electron chi connectivity index (χ3n) is 5.16. The van der Waals surface area contributed by atoms with Gasteiger partial charge in [0.2, 0.25) is 0 Å². The van der Waals surface area contributed by atoms with Gasteiger partial charge in [0.15, 0.2) is 0 Å². The van der Waals surface area contributed by atoms with Gasteiger partial charge in [0.25, 0.3) is 5.89 Å². The molecule has 178 valence electrons. The highest BCUT2D eigenvalue weighted by Gasteiger charge is 2.27. The molecule has 0 unspecified atom stereocenters. The lowest BCUT2D eigenvalue weighted by Crippen LogP contribution is -2.22. The van der Waals surface area contributed by atoms with E-state index >= 15 is 0 Å². The van der Waals surface area contributed by atoms with E-state index in [0.717, 1.165) is 16.5 Å². The minimum atomic E-state index is -4.32. The van der Waals surface area contributed by atoms with Gasteiger partial charge in [-0.1, -0.05) is 31.9 Å². The monoisotopic (exact) mass is 471 g/mol. The maximum Gasteiger partial charge on any atom is 0.405 e. The van der Waals surface area contributed by atoms with Crippen LogP contribution in [0.5, 0.6) is 5.75 Å². The van der Waals surface area contributed by atoms with Gasteiger partial charge in [-0.3, -0.25) is 0 Å². The third-order valence-corrected chi connectivity index (χ3v) is 5.16. The van der Waals surface area contributed by atoms with Crippen molar-refractivity contribution in [3.8, 4) is 17.3 Å². The number of aromatic hydroxyl groups is 1. The summed E-state index contributed by atoms with van der Waals surface area (Å²) in [6.07, 6.45) is -4.32. The zero-order valence-corrected chi connectivity index (χ0v) is 19.1. The normalized spacial score (nSPS) is 12.2. The summed E-state index contributed by atoms with van der Waals surface area (Å²) in [5.74, 6) is 0.280. The Bertz CT molecular complexity index is 1340. The molecule has 0 bridgehead atoms. The number of alkyl halides is 3. The summed E-state index contributed by atoms with van der Waals surface area (Å²) in [5, 5.41) is 23.8. The van der Waals surface area contributed by atoms with Crippen LogP contribution in [0.25, 0.3) is 22.5 Å². The van der Waals surface area contributed by atoms with Gasteiger partial charge in [-0.25, -0.2) is 4.98 Å². The molecule has 0 aliphatic carbocycles. The number of phenols is 1. The zero-order valence-electron chi connectivity index (χ0n) is 19.1. The van der Waals surface area contributed by atoms with E-state index in [-0.39, 0.29) is 23.1 Å². The number of aryl methyl sites for hydroxylation is 1. The van der Waals surface area contributed by atoms with Gasteiger partial charge >= 0.3 is 12.2 Å². The summed E-state index contributed by atoms with van der Waals surface area (Å²) >= 11 is 0. The van der Waals surface area contributed by atoms with Gasteiger partial charge in [0.1, 0.15) is 18.0 Å². The van der Waals surface area contributed by atoms with Crippen LogP contribution in [-0.2, 0) is 5.41 Å². The molecule has 0 amide bonds. The first-order valence-electron chi connectivity index (χ1n) is 10.6. The summed E-state index contributed by atoms with van der Waals surface area (Å²) in [6, 6.07) is 11.7. The summed E-state index contributed by atoms with van der Waals surface area (Å²) < 4.78 is 44.0. The van der Waals surface area contributed by atoms with Crippen LogP contribution >= 0.6 is 0 Å². The molecule has 0 fully saturated rings. The van der Waals surface area contributed by atoms with E-state index in [1.165, 1.54) is 6.07 Å². The largest absolute Gasteiger partial charge is 0.508 e. The fourth-order valence-electron chi connectivity index (χ4n) is 3.56. The van der Waals surface area contributed by atoms with Crippen LogP contribution in [0, 0.1) is 6.92 Å². The van der Waals surface area contributed by atoms with Crippen molar-refractivity contribution in [2.24, 2.45) is 0 Å². The number of pyridine rings is 1. The second kappa shape index (κ2) is 8.51. The van der Waals surface area contributed by atoms with Crippen LogP contribution in [0.1, 0.15) is 31.9 Å². The Kier molecular flexibility index (Phi) is 5.84.